The Hall–Kier alpha value is -4.05. The largest absolute Gasteiger partial charge is 0.361 e. The SMILES string of the molecule is C[C@@H](c1c[nH]c2ccccc12)[C@H](NC(=O)N1CCC(n2c(=O)[nH]c3ccccc32)CC1)C(=O)NC[C@@H]1CCC[C@@H](CN)C1. The maximum atomic E-state index is 13.8. The second-order valence-electron chi connectivity index (χ2n) is 12.4. The van der Waals surface area contributed by atoms with Gasteiger partial charge in [-0.3, -0.25) is 9.36 Å². The van der Waals surface area contributed by atoms with E-state index in [9.17, 15) is 14.4 Å². The third-order valence-corrected chi connectivity index (χ3v) is 9.70. The summed E-state index contributed by atoms with van der Waals surface area (Å²) in [5.41, 5.74) is 9.52. The van der Waals surface area contributed by atoms with Crippen LogP contribution >= 0.6 is 0 Å². The third kappa shape index (κ3) is 6.06. The standard InChI is InChI=1S/C33H43N7O3/c1-21(26-20-35-27-10-3-2-9-25(26)27)30(31(41)36-19-23-8-6-7-22(17-23)18-34)38-32(42)39-15-13-24(14-16-39)40-29-12-5-4-11-28(29)37-33(40)43/h2-5,9-12,20-24,30,35H,6-8,13-19,34H2,1H3,(H,36,41)(H,37,43)(H,38,42)/t21-,22+,23+,30-/m0/s1. The normalized spacial score (nSPS) is 21.1. The van der Waals surface area contributed by atoms with Gasteiger partial charge < -0.3 is 31.2 Å². The molecule has 3 heterocycles. The smallest absolute Gasteiger partial charge is 0.326 e. The molecule has 1 saturated heterocycles. The molecule has 0 radical (unpaired) electrons. The molecule has 1 saturated carbocycles. The van der Waals surface area contributed by atoms with Gasteiger partial charge in [0, 0.05) is 48.7 Å². The van der Waals surface area contributed by atoms with E-state index < -0.39 is 6.04 Å². The lowest BCUT2D eigenvalue weighted by Crippen LogP contribution is -2.55. The number of nitrogens with one attached hydrogen (secondary N) is 4. The number of rotatable bonds is 8. The zero-order valence-corrected chi connectivity index (χ0v) is 24.9. The van der Waals surface area contributed by atoms with Crippen LogP contribution in [0.1, 0.15) is 63.0 Å². The van der Waals surface area contributed by atoms with Crippen LogP contribution in [0.25, 0.3) is 21.9 Å². The number of aromatic amines is 2. The number of urea groups is 1. The first kappa shape index (κ1) is 29.0. The van der Waals surface area contributed by atoms with Crippen LogP contribution in [0.3, 0.4) is 0 Å². The molecule has 10 nitrogen and oxygen atoms in total. The van der Waals surface area contributed by atoms with E-state index in [4.69, 9.17) is 5.73 Å². The van der Waals surface area contributed by atoms with Gasteiger partial charge in [-0.25, -0.2) is 9.59 Å². The van der Waals surface area contributed by atoms with Crippen molar-refractivity contribution in [3.63, 3.8) is 0 Å². The molecule has 6 N–H and O–H groups in total. The average Bonchev–Trinajstić information content (AvgIpc) is 3.62. The molecule has 0 bridgehead atoms. The summed E-state index contributed by atoms with van der Waals surface area (Å²) in [5.74, 6) is 0.490. The van der Waals surface area contributed by atoms with Crippen molar-refractivity contribution in [2.45, 2.75) is 63.5 Å². The van der Waals surface area contributed by atoms with Gasteiger partial charge in [-0.1, -0.05) is 43.7 Å². The van der Waals surface area contributed by atoms with E-state index in [-0.39, 0.29) is 29.6 Å². The summed E-state index contributed by atoms with van der Waals surface area (Å²) in [4.78, 5) is 48.2. The van der Waals surface area contributed by atoms with E-state index in [1.807, 2.05) is 66.2 Å². The van der Waals surface area contributed by atoms with Crippen LogP contribution in [0.15, 0.2) is 59.5 Å². The minimum absolute atomic E-state index is 0.00443. The zero-order valence-electron chi connectivity index (χ0n) is 24.9. The molecule has 1 aliphatic heterocycles. The highest BCUT2D eigenvalue weighted by Crippen LogP contribution is 2.30. The first-order chi connectivity index (χ1) is 20.9. The molecule has 228 valence electrons. The van der Waals surface area contributed by atoms with Gasteiger partial charge in [0.2, 0.25) is 5.91 Å². The van der Waals surface area contributed by atoms with Gasteiger partial charge in [0.05, 0.1) is 11.0 Å². The van der Waals surface area contributed by atoms with Crippen LogP contribution in [-0.4, -0.2) is 63.6 Å². The summed E-state index contributed by atoms with van der Waals surface area (Å²) in [6.45, 7) is 4.28. The number of carbonyl (C=O) groups excluding carboxylic acids is 2. The Labute approximate surface area is 251 Å². The van der Waals surface area contributed by atoms with Crippen molar-refractivity contribution in [1.82, 2.24) is 30.1 Å². The van der Waals surface area contributed by atoms with Gasteiger partial charge in [0.25, 0.3) is 0 Å². The summed E-state index contributed by atoms with van der Waals surface area (Å²) in [5, 5.41) is 7.33. The fourth-order valence-electron chi connectivity index (χ4n) is 7.21. The molecule has 2 aliphatic rings. The number of imidazole rings is 1. The van der Waals surface area contributed by atoms with E-state index >= 15 is 0 Å². The van der Waals surface area contributed by atoms with E-state index in [1.165, 1.54) is 0 Å². The van der Waals surface area contributed by atoms with Crippen LogP contribution in [0.5, 0.6) is 0 Å². The number of amides is 3. The Morgan fingerprint density at radius 3 is 2.51 bits per heavy atom. The maximum Gasteiger partial charge on any atom is 0.326 e. The second kappa shape index (κ2) is 12.7. The highest BCUT2D eigenvalue weighted by molar-refractivity contribution is 5.90. The Morgan fingerprint density at radius 2 is 1.72 bits per heavy atom. The molecule has 2 fully saturated rings. The summed E-state index contributed by atoms with van der Waals surface area (Å²) in [7, 11) is 0. The summed E-state index contributed by atoms with van der Waals surface area (Å²) >= 11 is 0. The monoisotopic (exact) mass is 585 g/mol. The Bertz CT molecular complexity index is 1630. The van der Waals surface area contributed by atoms with Crippen molar-refractivity contribution in [3.8, 4) is 0 Å². The zero-order chi connectivity index (χ0) is 29.9. The first-order valence-electron chi connectivity index (χ1n) is 15.7. The predicted octanol–water partition coefficient (Wildman–Crippen LogP) is 4.21. The molecular weight excluding hydrogens is 542 g/mol. The number of para-hydroxylation sites is 3. The van der Waals surface area contributed by atoms with Crippen LogP contribution in [0.2, 0.25) is 0 Å². The molecule has 4 aromatic rings. The van der Waals surface area contributed by atoms with Crippen LogP contribution < -0.4 is 22.1 Å². The first-order valence-corrected chi connectivity index (χ1v) is 15.7. The van der Waals surface area contributed by atoms with Gasteiger partial charge in [-0.15, -0.1) is 0 Å². The van der Waals surface area contributed by atoms with Crippen molar-refractivity contribution in [2.24, 2.45) is 17.6 Å². The number of aromatic nitrogens is 3. The molecule has 2 aromatic heterocycles. The number of likely N-dealkylation sites (tertiary alicyclic amines) is 1. The van der Waals surface area contributed by atoms with E-state index in [1.54, 1.807) is 4.90 Å². The number of nitrogens with zero attached hydrogens (tertiary/aromatic N) is 2. The number of benzene rings is 2. The quantitative estimate of drug-likeness (QED) is 0.211. The van der Waals surface area contributed by atoms with Gasteiger partial charge in [-0.05, 0) is 74.2 Å². The third-order valence-electron chi connectivity index (χ3n) is 9.70. The molecule has 10 heteroatoms. The van der Waals surface area contributed by atoms with Crippen molar-refractivity contribution >= 4 is 33.9 Å². The molecule has 4 atom stereocenters. The number of H-pyrrole nitrogens is 2. The Morgan fingerprint density at radius 1 is 1.00 bits per heavy atom. The maximum absolute atomic E-state index is 13.8. The van der Waals surface area contributed by atoms with Crippen molar-refractivity contribution in [3.05, 3.63) is 70.8 Å². The molecule has 43 heavy (non-hydrogen) atoms. The fraction of sp³-hybridized carbons (Fsp3) is 0.485. The second-order valence-corrected chi connectivity index (χ2v) is 12.4. The topological polar surface area (TPSA) is 141 Å². The number of carbonyl (C=O) groups is 2. The number of hydrogen-bond acceptors (Lipinski definition) is 4. The van der Waals surface area contributed by atoms with Gasteiger partial charge >= 0.3 is 11.7 Å². The molecule has 6 rings (SSSR count). The van der Waals surface area contributed by atoms with Gasteiger partial charge in [-0.2, -0.15) is 0 Å². The Kier molecular flexibility index (Phi) is 8.56. The fourth-order valence-corrected chi connectivity index (χ4v) is 7.21. The number of hydrogen-bond donors (Lipinski definition) is 5. The highest BCUT2D eigenvalue weighted by atomic mass is 16.2. The lowest BCUT2D eigenvalue weighted by molar-refractivity contribution is -0.123. The van der Waals surface area contributed by atoms with E-state index in [2.05, 4.69) is 20.6 Å². The van der Waals surface area contributed by atoms with Crippen molar-refractivity contribution in [1.29, 1.82) is 0 Å². The molecule has 0 unspecified atom stereocenters. The van der Waals surface area contributed by atoms with Crippen molar-refractivity contribution < 1.29 is 9.59 Å². The highest BCUT2D eigenvalue weighted by Gasteiger charge is 2.33. The molecule has 1 aliphatic carbocycles. The minimum Gasteiger partial charge on any atom is -0.361 e. The summed E-state index contributed by atoms with van der Waals surface area (Å²) < 4.78 is 1.82. The average molecular weight is 586 g/mol. The van der Waals surface area contributed by atoms with E-state index in [0.29, 0.717) is 50.9 Å². The van der Waals surface area contributed by atoms with Crippen molar-refractivity contribution in [2.75, 3.05) is 26.2 Å². The number of nitrogens with two attached hydrogens (primary N) is 1. The summed E-state index contributed by atoms with van der Waals surface area (Å²) in [6, 6.07) is 14.7. The lowest BCUT2D eigenvalue weighted by Gasteiger charge is -2.34. The molecule has 2 aromatic carbocycles. The van der Waals surface area contributed by atoms with E-state index in [0.717, 1.165) is 53.2 Å². The van der Waals surface area contributed by atoms with Crippen LogP contribution in [0, 0.1) is 11.8 Å². The summed E-state index contributed by atoms with van der Waals surface area (Å²) in [6.07, 6.45) is 7.67. The molecule has 0 spiro atoms. The predicted molar refractivity (Wildman–Crippen MR) is 169 cm³/mol. The lowest BCUT2D eigenvalue weighted by atomic mass is 9.81. The van der Waals surface area contributed by atoms with Crippen LogP contribution in [0.4, 0.5) is 4.79 Å². The minimum atomic E-state index is -0.741. The number of piperidine rings is 1. The molecular formula is C33H43N7O3. The van der Waals surface area contributed by atoms with Gasteiger partial charge in [0.1, 0.15) is 6.04 Å². The van der Waals surface area contributed by atoms with Crippen LogP contribution in [-0.2, 0) is 4.79 Å². The number of fused-ring (bicyclic) bond motifs is 2. The van der Waals surface area contributed by atoms with Gasteiger partial charge in [0.15, 0.2) is 0 Å². The molecule has 3 amide bonds. The Balaban J connectivity index is 1.15.